The minimum atomic E-state index is -4.38. The molecule has 110 valence electrons. The van der Waals surface area contributed by atoms with E-state index in [2.05, 4.69) is 10.3 Å². The third-order valence-corrected chi connectivity index (χ3v) is 2.84. The molecule has 1 aromatic heterocycles. The van der Waals surface area contributed by atoms with Gasteiger partial charge in [-0.1, -0.05) is 29.8 Å². The van der Waals surface area contributed by atoms with Gasteiger partial charge in [0, 0.05) is 0 Å². The molecule has 0 spiro atoms. The Hall–Kier alpha value is -2.08. The number of aromatic nitrogens is 1. The highest BCUT2D eigenvalue weighted by molar-refractivity contribution is 6.29. The molecular weight excluding hydrogens is 305 g/mol. The molecule has 0 aliphatic carbocycles. The number of hydrogen-bond acceptors (Lipinski definition) is 2. The van der Waals surface area contributed by atoms with E-state index in [-0.39, 0.29) is 17.5 Å². The third kappa shape index (κ3) is 4.46. The maximum atomic E-state index is 12.4. The Morgan fingerprint density at radius 1 is 1.14 bits per heavy atom. The van der Waals surface area contributed by atoms with Crippen molar-refractivity contribution in [3.63, 3.8) is 0 Å². The fourth-order valence-corrected chi connectivity index (χ4v) is 1.83. The summed E-state index contributed by atoms with van der Waals surface area (Å²) >= 11 is 5.68. The van der Waals surface area contributed by atoms with Gasteiger partial charge in [-0.2, -0.15) is 13.2 Å². The van der Waals surface area contributed by atoms with Crippen LogP contribution in [0.2, 0.25) is 5.15 Å². The Bertz CT molecular complexity index is 641. The lowest BCUT2D eigenvalue weighted by Crippen LogP contribution is -2.15. The summed E-state index contributed by atoms with van der Waals surface area (Å²) in [6.45, 7) is 0. The molecular formula is C14H10ClF3N2O. The average molecular weight is 315 g/mol. The summed E-state index contributed by atoms with van der Waals surface area (Å²) in [6, 6.07) is 9.19. The first-order valence-electron chi connectivity index (χ1n) is 5.93. The Labute approximate surface area is 123 Å². The van der Waals surface area contributed by atoms with Crippen LogP contribution in [-0.2, 0) is 17.4 Å². The van der Waals surface area contributed by atoms with E-state index in [0.717, 1.165) is 12.1 Å². The zero-order valence-corrected chi connectivity index (χ0v) is 11.4. The number of nitrogens with one attached hydrogen (secondary N) is 1. The Kier molecular flexibility index (Phi) is 4.47. The lowest BCUT2D eigenvalue weighted by atomic mass is 10.1. The summed E-state index contributed by atoms with van der Waals surface area (Å²) in [6.07, 6.45) is -4.43. The van der Waals surface area contributed by atoms with Gasteiger partial charge in [-0.3, -0.25) is 4.79 Å². The number of pyridine rings is 1. The first-order chi connectivity index (χ1) is 9.84. The second-order valence-electron chi connectivity index (χ2n) is 4.27. The largest absolute Gasteiger partial charge is 0.416 e. The van der Waals surface area contributed by atoms with Gasteiger partial charge in [-0.15, -0.1) is 0 Å². The van der Waals surface area contributed by atoms with Crippen molar-refractivity contribution >= 4 is 23.3 Å². The second-order valence-corrected chi connectivity index (χ2v) is 4.65. The first kappa shape index (κ1) is 15.3. The smallest absolute Gasteiger partial charge is 0.310 e. The number of anilines is 1. The van der Waals surface area contributed by atoms with Crippen molar-refractivity contribution in [3.8, 4) is 0 Å². The van der Waals surface area contributed by atoms with Crippen molar-refractivity contribution in [2.75, 3.05) is 5.32 Å². The van der Waals surface area contributed by atoms with Crippen molar-refractivity contribution in [1.29, 1.82) is 0 Å². The van der Waals surface area contributed by atoms with E-state index in [1.54, 1.807) is 18.2 Å². The number of carbonyl (C=O) groups excluding carboxylic acids is 1. The Morgan fingerprint density at radius 2 is 1.81 bits per heavy atom. The molecule has 1 N–H and O–H groups in total. The van der Waals surface area contributed by atoms with Gasteiger partial charge in [-0.05, 0) is 29.8 Å². The molecule has 0 unspecified atom stereocenters. The minimum absolute atomic E-state index is 0.0493. The molecule has 0 saturated heterocycles. The van der Waals surface area contributed by atoms with Gasteiger partial charge in [0.2, 0.25) is 5.91 Å². The molecule has 0 bridgehead atoms. The normalized spacial score (nSPS) is 11.2. The molecule has 0 atom stereocenters. The van der Waals surface area contributed by atoms with E-state index in [1.165, 1.54) is 12.1 Å². The molecule has 3 nitrogen and oxygen atoms in total. The predicted octanol–water partition coefficient (Wildman–Crippen LogP) is 3.94. The monoisotopic (exact) mass is 314 g/mol. The van der Waals surface area contributed by atoms with Crippen LogP contribution >= 0.6 is 11.6 Å². The molecule has 1 amide bonds. The highest BCUT2D eigenvalue weighted by atomic mass is 35.5. The minimum Gasteiger partial charge on any atom is -0.310 e. The van der Waals surface area contributed by atoms with Gasteiger partial charge in [-0.25, -0.2) is 4.98 Å². The molecule has 0 aliphatic rings. The number of alkyl halides is 3. The van der Waals surface area contributed by atoms with Gasteiger partial charge in [0.25, 0.3) is 0 Å². The van der Waals surface area contributed by atoms with Crippen molar-refractivity contribution in [1.82, 2.24) is 4.98 Å². The maximum absolute atomic E-state index is 12.4. The summed E-state index contributed by atoms with van der Waals surface area (Å²) < 4.78 is 37.2. The molecule has 1 aromatic carbocycles. The molecule has 0 aliphatic heterocycles. The SMILES string of the molecule is O=C(Cc1ccc(C(F)(F)F)cc1)Nc1cccc(Cl)n1. The molecule has 7 heteroatoms. The van der Waals surface area contributed by atoms with Crippen molar-refractivity contribution in [2.45, 2.75) is 12.6 Å². The summed E-state index contributed by atoms with van der Waals surface area (Å²) in [7, 11) is 0. The number of nitrogens with zero attached hydrogens (tertiary/aromatic N) is 1. The summed E-state index contributed by atoms with van der Waals surface area (Å²) in [5.74, 6) is -0.0936. The molecule has 0 fully saturated rings. The van der Waals surface area contributed by atoms with Gasteiger partial charge in [0.1, 0.15) is 11.0 Å². The fourth-order valence-electron chi connectivity index (χ4n) is 1.66. The quantitative estimate of drug-likeness (QED) is 0.872. The van der Waals surface area contributed by atoms with E-state index in [4.69, 9.17) is 11.6 Å². The number of rotatable bonds is 3. The molecule has 0 radical (unpaired) electrons. The van der Waals surface area contributed by atoms with E-state index in [9.17, 15) is 18.0 Å². The number of halogens is 4. The number of amides is 1. The van der Waals surface area contributed by atoms with Gasteiger partial charge in [0.15, 0.2) is 0 Å². The van der Waals surface area contributed by atoms with Crippen LogP contribution in [0.1, 0.15) is 11.1 Å². The third-order valence-electron chi connectivity index (χ3n) is 2.63. The maximum Gasteiger partial charge on any atom is 0.416 e. The van der Waals surface area contributed by atoms with Crippen molar-refractivity contribution < 1.29 is 18.0 Å². The number of carbonyl (C=O) groups is 1. The summed E-state index contributed by atoms with van der Waals surface area (Å²) in [5.41, 5.74) is -0.273. The molecule has 0 saturated carbocycles. The zero-order valence-electron chi connectivity index (χ0n) is 10.6. The van der Waals surface area contributed by atoms with Crippen LogP contribution in [0.3, 0.4) is 0 Å². The van der Waals surface area contributed by atoms with Gasteiger partial charge >= 0.3 is 6.18 Å². The summed E-state index contributed by atoms with van der Waals surface area (Å²) in [5, 5.41) is 2.76. The van der Waals surface area contributed by atoms with Crippen LogP contribution < -0.4 is 5.32 Å². The van der Waals surface area contributed by atoms with Crippen LogP contribution in [0.5, 0.6) is 0 Å². The van der Waals surface area contributed by atoms with Crippen LogP contribution in [0.25, 0.3) is 0 Å². The lowest BCUT2D eigenvalue weighted by molar-refractivity contribution is -0.137. The van der Waals surface area contributed by atoms with Gasteiger partial charge < -0.3 is 5.32 Å². The molecule has 21 heavy (non-hydrogen) atoms. The average Bonchev–Trinajstić information content (AvgIpc) is 2.38. The zero-order chi connectivity index (χ0) is 15.5. The van der Waals surface area contributed by atoms with Crippen molar-refractivity contribution in [3.05, 3.63) is 58.7 Å². The van der Waals surface area contributed by atoms with E-state index < -0.39 is 11.7 Å². The highest BCUT2D eigenvalue weighted by Crippen LogP contribution is 2.29. The number of hydrogen-bond donors (Lipinski definition) is 1. The van der Waals surface area contributed by atoms with Crippen LogP contribution in [-0.4, -0.2) is 10.9 Å². The first-order valence-corrected chi connectivity index (χ1v) is 6.31. The van der Waals surface area contributed by atoms with E-state index in [1.807, 2.05) is 0 Å². The molecule has 2 aromatic rings. The highest BCUT2D eigenvalue weighted by Gasteiger charge is 2.29. The second kappa shape index (κ2) is 6.13. The molecule has 1 heterocycles. The van der Waals surface area contributed by atoms with Crippen LogP contribution in [0.4, 0.5) is 19.0 Å². The van der Waals surface area contributed by atoms with E-state index >= 15 is 0 Å². The number of benzene rings is 1. The Morgan fingerprint density at radius 3 is 2.38 bits per heavy atom. The van der Waals surface area contributed by atoms with E-state index in [0.29, 0.717) is 11.4 Å². The fraction of sp³-hybridized carbons (Fsp3) is 0.143. The van der Waals surface area contributed by atoms with Crippen molar-refractivity contribution in [2.24, 2.45) is 0 Å². The topological polar surface area (TPSA) is 42.0 Å². The predicted molar refractivity (Wildman–Crippen MR) is 73.0 cm³/mol. The van der Waals surface area contributed by atoms with Gasteiger partial charge in [0.05, 0.1) is 12.0 Å². The lowest BCUT2D eigenvalue weighted by Gasteiger charge is -2.08. The Balaban J connectivity index is 2.00. The van der Waals surface area contributed by atoms with Crippen LogP contribution in [0, 0.1) is 0 Å². The summed E-state index contributed by atoms with van der Waals surface area (Å²) in [4.78, 5) is 15.6. The molecule has 2 rings (SSSR count). The standard InChI is InChI=1S/C14H10ClF3N2O/c15-11-2-1-3-12(19-11)20-13(21)8-9-4-6-10(7-5-9)14(16,17)18/h1-7H,8H2,(H,19,20,21). The van der Waals surface area contributed by atoms with Crippen LogP contribution in [0.15, 0.2) is 42.5 Å².